The molecule has 0 aliphatic carbocycles. The minimum absolute atomic E-state index is 0.214. The highest BCUT2D eigenvalue weighted by Gasteiger charge is 2.23. The summed E-state index contributed by atoms with van der Waals surface area (Å²) in [4.78, 5) is 4.87. The molecule has 0 saturated carbocycles. The largest absolute Gasteiger partial charge is 0.494 e. The molecule has 0 aliphatic heterocycles. The number of aryl methyl sites for hydroxylation is 1. The van der Waals surface area contributed by atoms with Crippen LogP contribution in [0.4, 0.5) is 5.82 Å². The Morgan fingerprint density at radius 2 is 1.70 bits per heavy atom. The molecule has 0 spiro atoms. The van der Waals surface area contributed by atoms with E-state index in [-0.39, 0.29) is 10.7 Å². The van der Waals surface area contributed by atoms with E-state index in [4.69, 9.17) is 4.74 Å². The van der Waals surface area contributed by atoms with Gasteiger partial charge in [-0.3, -0.25) is 14.8 Å². The monoisotopic (exact) mass is 530 g/mol. The molecule has 0 unspecified atom stereocenters. The number of pyridine rings is 1. The third kappa shape index (κ3) is 5.47. The standard InChI is InChI=1S/C28H26N4O3S2/c1-3-35-23-14-12-20(13-15-23)18-36-28-26(24-16-21-9-5-6-10-22(21)17-29-24)27(30-31-28)32-37(33,34)25-11-7-4-8-19(25)2/h4-17H,3,18H2,1-2H3,(H2,30,31,32). The number of anilines is 1. The van der Waals surface area contributed by atoms with Gasteiger partial charge in [0, 0.05) is 17.3 Å². The van der Waals surface area contributed by atoms with Crippen LogP contribution in [0.2, 0.25) is 0 Å². The molecule has 5 aromatic rings. The van der Waals surface area contributed by atoms with Gasteiger partial charge in [-0.2, -0.15) is 5.10 Å². The molecule has 0 aliphatic rings. The average Bonchev–Trinajstić information content (AvgIpc) is 3.29. The number of fused-ring (bicyclic) bond motifs is 1. The quantitative estimate of drug-likeness (QED) is 0.213. The lowest BCUT2D eigenvalue weighted by atomic mass is 10.1. The first-order chi connectivity index (χ1) is 17.9. The van der Waals surface area contributed by atoms with Crippen LogP contribution < -0.4 is 9.46 Å². The second kappa shape index (κ2) is 10.7. The van der Waals surface area contributed by atoms with Crippen molar-refractivity contribution in [3.8, 4) is 17.0 Å². The van der Waals surface area contributed by atoms with Crippen molar-refractivity contribution in [2.45, 2.75) is 29.5 Å². The predicted molar refractivity (Wildman–Crippen MR) is 148 cm³/mol. The number of nitrogens with zero attached hydrogens (tertiary/aromatic N) is 2. The molecular formula is C28H26N4O3S2. The molecule has 2 heterocycles. The van der Waals surface area contributed by atoms with Gasteiger partial charge >= 0.3 is 0 Å². The molecule has 0 saturated heterocycles. The van der Waals surface area contributed by atoms with Gasteiger partial charge < -0.3 is 4.74 Å². The first-order valence-electron chi connectivity index (χ1n) is 11.8. The summed E-state index contributed by atoms with van der Waals surface area (Å²) in [6, 6.07) is 24.7. The molecule has 7 nitrogen and oxygen atoms in total. The number of sulfonamides is 1. The Balaban J connectivity index is 1.51. The van der Waals surface area contributed by atoms with Gasteiger partial charge in [-0.05, 0) is 54.6 Å². The lowest BCUT2D eigenvalue weighted by Crippen LogP contribution is -2.15. The van der Waals surface area contributed by atoms with Crippen LogP contribution in [-0.4, -0.2) is 30.2 Å². The van der Waals surface area contributed by atoms with Gasteiger partial charge in [0.2, 0.25) is 0 Å². The van der Waals surface area contributed by atoms with Gasteiger partial charge in [0.15, 0.2) is 0 Å². The molecule has 3 aromatic carbocycles. The zero-order chi connectivity index (χ0) is 25.8. The number of rotatable bonds is 9. The van der Waals surface area contributed by atoms with E-state index in [0.717, 1.165) is 22.1 Å². The maximum Gasteiger partial charge on any atom is 0.263 e. The summed E-state index contributed by atoms with van der Waals surface area (Å²) in [6.07, 6.45) is 1.79. The maximum absolute atomic E-state index is 13.3. The van der Waals surface area contributed by atoms with E-state index in [9.17, 15) is 8.42 Å². The Morgan fingerprint density at radius 1 is 0.973 bits per heavy atom. The first kappa shape index (κ1) is 24.9. The fourth-order valence-electron chi connectivity index (χ4n) is 4.01. The maximum atomic E-state index is 13.3. The number of aromatic amines is 1. The van der Waals surface area contributed by atoms with Crippen molar-refractivity contribution >= 4 is 38.4 Å². The summed E-state index contributed by atoms with van der Waals surface area (Å²) >= 11 is 1.51. The molecular weight excluding hydrogens is 504 g/mol. The number of nitrogens with one attached hydrogen (secondary N) is 2. The van der Waals surface area contributed by atoms with Crippen LogP contribution in [0.3, 0.4) is 0 Å². The molecule has 9 heteroatoms. The first-order valence-corrected chi connectivity index (χ1v) is 14.3. The predicted octanol–water partition coefficient (Wildman–Crippen LogP) is 6.43. The van der Waals surface area contributed by atoms with Crippen molar-refractivity contribution in [3.05, 3.63) is 96.2 Å². The Bertz CT molecular complexity index is 1650. The Morgan fingerprint density at radius 3 is 2.46 bits per heavy atom. The zero-order valence-corrected chi connectivity index (χ0v) is 22.1. The Kier molecular flexibility index (Phi) is 7.16. The van der Waals surface area contributed by atoms with Crippen LogP contribution in [0.5, 0.6) is 5.75 Å². The molecule has 0 amide bonds. The van der Waals surface area contributed by atoms with Crippen molar-refractivity contribution in [1.82, 2.24) is 15.2 Å². The third-order valence-corrected chi connectivity index (χ3v) is 8.41. The van der Waals surface area contributed by atoms with Crippen LogP contribution in [-0.2, 0) is 15.8 Å². The number of hydrogen-bond donors (Lipinski definition) is 2. The SMILES string of the molecule is CCOc1ccc(CSc2n[nH]c(NS(=O)(=O)c3ccccc3C)c2-c2cc3ccccc3cn2)cc1. The van der Waals surface area contributed by atoms with Gasteiger partial charge in [-0.25, -0.2) is 8.42 Å². The zero-order valence-electron chi connectivity index (χ0n) is 20.4. The van der Waals surface area contributed by atoms with Gasteiger partial charge in [0.25, 0.3) is 10.0 Å². The van der Waals surface area contributed by atoms with Crippen LogP contribution in [0.15, 0.2) is 95.0 Å². The van der Waals surface area contributed by atoms with E-state index in [2.05, 4.69) is 19.9 Å². The lowest BCUT2D eigenvalue weighted by molar-refractivity contribution is 0.340. The second-order valence-electron chi connectivity index (χ2n) is 8.43. The summed E-state index contributed by atoms with van der Waals surface area (Å²) in [5.41, 5.74) is 2.99. The highest BCUT2D eigenvalue weighted by atomic mass is 32.2. The molecule has 0 bridgehead atoms. The molecule has 5 rings (SSSR count). The van der Waals surface area contributed by atoms with Crippen molar-refractivity contribution in [2.75, 3.05) is 11.3 Å². The molecule has 0 radical (unpaired) electrons. The average molecular weight is 531 g/mol. The van der Waals surface area contributed by atoms with Crippen molar-refractivity contribution in [2.24, 2.45) is 0 Å². The summed E-state index contributed by atoms with van der Waals surface area (Å²) in [7, 11) is -3.85. The number of thioether (sulfide) groups is 1. The van der Waals surface area contributed by atoms with E-state index in [0.29, 0.717) is 34.2 Å². The van der Waals surface area contributed by atoms with Crippen LogP contribution in [0.1, 0.15) is 18.1 Å². The molecule has 2 N–H and O–H groups in total. The van der Waals surface area contributed by atoms with Crippen LogP contribution in [0, 0.1) is 6.92 Å². The van der Waals surface area contributed by atoms with E-state index >= 15 is 0 Å². The Hall–Kier alpha value is -3.82. The molecule has 2 aromatic heterocycles. The lowest BCUT2D eigenvalue weighted by Gasteiger charge is -2.11. The smallest absolute Gasteiger partial charge is 0.263 e. The van der Waals surface area contributed by atoms with E-state index in [1.165, 1.54) is 11.8 Å². The highest BCUT2D eigenvalue weighted by molar-refractivity contribution is 7.98. The third-order valence-electron chi connectivity index (χ3n) is 5.85. The van der Waals surface area contributed by atoms with E-state index in [1.54, 1.807) is 31.3 Å². The van der Waals surface area contributed by atoms with E-state index < -0.39 is 10.0 Å². The normalized spacial score (nSPS) is 11.5. The van der Waals surface area contributed by atoms with E-state index in [1.807, 2.05) is 67.6 Å². The molecule has 188 valence electrons. The van der Waals surface area contributed by atoms with Gasteiger partial charge in [-0.1, -0.05) is 66.4 Å². The number of H-pyrrole nitrogens is 1. The van der Waals surface area contributed by atoms with Gasteiger partial charge in [0.05, 0.1) is 22.8 Å². The number of aromatic nitrogens is 3. The highest BCUT2D eigenvalue weighted by Crippen LogP contribution is 2.38. The van der Waals surface area contributed by atoms with Crippen LogP contribution >= 0.6 is 11.8 Å². The van der Waals surface area contributed by atoms with Crippen molar-refractivity contribution in [3.63, 3.8) is 0 Å². The topological polar surface area (TPSA) is 97.0 Å². The summed E-state index contributed by atoms with van der Waals surface area (Å²) < 4.78 is 34.8. The second-order valence-corrected chi connectivity index (χ2v) is 11.0. The molecule has 37 heavy (non-hydrogen) atoms. The number of benzene rings is 3. The summed E-state index contributed by atoms with van der Waals surface area (Å²) in [5.74, 6) is 1.74. The van der Waals surface area contributed by atoms with Crippen molar-refractivity contribution in [1.29, 1.82) is 0 Å². The van der Waals surface area contributed by atoms with Crippen molar-refractivity contribution < 1.29 is 13.2 Å². The Labute approximate surface area is 220 Å². The summed E-state index contributed by atoms with van der Waals surface area (Å²) in [5, 5.41) is 10.0. The van der Waals surface area contributed by atoms with Gasteiger partial charge in [0.1, 0.15) is 16.6 Å². The fourth-order valence-corrected chi connectivity index (χ4v) is 6.24. The number of ether oxygens (including phenoxy) is 1. The summed E-state index contributed by atoms with van der Waals surface area (Å²) in [6.45, 7) is 4.34. The molecule has 0 atom stereocenters. The van der Waals surface area contributed by atoms with Gasteiger partial charge in [-0.15, -0.1) is 0 Å². The number of hydrogen-bond acceptors (Lipinski definition) is 6. The molecule has 0 fully saturated rings. The minimum atomic E-state index is -3.85. The van der Waals surface area contributed by atoms with Crippen LogP contribution in [0.25, 0.3) is 22.0 Å². The minimum Gasteiger partial charge on any atom is -0.494 e. The fraction of sp³-hybridized carbons (Fsp3) is 0.143.